The molecule has 18 heavy (non-hydrogen) atoms. The van der Waals surface area contributed by atoms with E-state index in [-0.39, 0.29) is 11.5 Å². The molecule has 1 rings (SSSR count). The minimum absolute atomic E-state index is 0.0282. The molecule has 0 unspecified atom stereocenters. The van der Waals surface area contributed by atoms with Crippen LogP contribution < -0.4 is 5.32 Å². The van der Waals surface area contributed by atoms with E-state index in [1.165, 1.54) is 0 Å². The van der Waals surface area contributed by atoms with Crippen LogP contribution in [0.25, 0.3) is 0 Å². The summed E-state index contributed by atoms with van der Waals surface area (Å²) in [5.74, 6) is 0.232. The summed E-state index contributed by atoms with van der Waals surface area (Å²) in [7, 11) is -3.07. The Balaban J connectivity index is 2.43. The fourth-order valence-corrected chi connectivity index (χ4v) is 3.38. The van der Waals surface area contributed by atoms with Gasteiger partial charge in [0.05, 0.1) is 11.5 Å². The summed E-state index contributed by atoms with van der Waals surface area (Å²) in [6, 6.07) is 7.08. The monoisotopic (exact) mass is 289 g/mol. The van der Waals surface area contributed by atoms with E-state index < -0.39 is 9.84 Å². The first-order chi connectivity index (χ1) is 8.55. The van der Waals surface area contributed by atoms with Gasteiger partial charge in [-0.2, -0.15) is 0 Å². The van der Waals surface area contributed by atoms with Gasteiger partial charge in [0.15, 0.2) is 9.84 Å². The van der Waals surface area contributed by atoms with Crippen molar-refractivity contribution >= 4 is 21.4 Å². The highest BCUT2D eigenvalue weighted by molar-refractivity contribution is 7.90. The lowest BCUT2D eigenvalue weighted by Gasteiger charge is -2.06. The summed E-state index contributed by atoms with van der Waals surface area (Å²) in [5, 5.41) is 3.71. The first kappa shape index (κ1) is 15.5. The first-order valence-electron chi connectivity index (χ1n) is 6.19. The van der Waals surface area contributed by atoms with Crippen LogP contribution in [0.2, 0.25) is 5.02 Å². The predicted octanol–water partition coefficient (Wildman–Crippen LogP) is 2.64. The molecule has 0 aromatic heterocycles. The molecule has 3 nitrogen and oxygen atoms in total. The van der Waals surface area contributed by atoms with E-state index in [0.29, 0.717) is 17.0 Å². The number of benzene rings is 1. The van der Waals surface area contributed by atoms with E-state index in [0.717, 1.165) is 19.5 Å². The van der Waals surface area contributed by atoms with Crippen LogP contribution in [0.4, 0.5) is 0 Å². The standard InChI is InChI=1S/C13H20ClNO2S/c1-2-8-15-9-5-10-18(16,17)11-12-6-3-4-7-13(12)14/h3-4,6-7,15H,2,5,8-11H2,1H3. The minimum atomic E-state index is -3.07. The molecule has 0 spiro atoms. The molecular weight excluding hydrogens is 270 g/mol. The molecule has 1 N–H and O–H groups in total. The molecule has 0 aliphatic rings. The Labute approximate surface area is 114 Å². The summed E-state index contributed by atoms with van der Waals surface area (Å²) in [6.45, 7) is 3.77. The average molecular weight is 290 g/mol. The fraction of sp³-hybridized carbons (Fsp3) is 0.538. The molecule has 0 aliphatic heterocycles. The highest BCUT2D eigenvalue weighted by atomic mass is 35.5. The summed E-state index contributed by atoms with van der Waals surface area (Å²) in [4.78, 5) is 0. The van der Waals surface area contributed by atoms with Crippen molar-refractivity contribution < 1.29 is 8.42 Å². The molecule has 0 atom stereocenters. The Bertz CT molecular complexity index is 460. The zero-order valence-electron chi connectivity index (χ0n) is 10.7. The number of halogens is 1. The van der Waals surface area contributed by atoms with Crippen LogP contribution in [-0.4, -0.2) is 27.3 Å². The van der Waals surface area contributed by atoms with Crippen LogP contribution in [0.15, 0.2) is 24.3 Å². The maximum absolute atomic E-state index is 11.9. The van der Waals surface area contributed by atoms with Crippen molar-refractivity contribution in [2.45, 2.75) is 25.5 Å². The van der Waals surface area contributed by atoms with Gasteiger partial charge in [-0.3, -0.25) is 0 Å². The zero-order chi connectivity index (χ0) is 13.4. The van der Waals surface area contributed by atoms with Gasteiger partial charge in [-0.15, -0.1) is 0 Å². The maximum Gasteiger partial charge on any atom is 0.154 e. The molecule has 1 aromatic carbocycles. The molecule has 0 saturated heterocycles. The molecular formula is C13H20ClNO2S. The third-order valence-corrected chi connectivity index (χ3v) is 4.60. The van der Waals surface area contributed by atoms with E-state index in [9.17, 15) is 8.42 Å². The SMILES string of the molecule is CCCNCCCS(=O)(=O)Cc1ccccc1Cl. The van der Waals surface area contributed by atoms with Crippen LogP contribution in [0.5, 0.6) is 0 Å². The van der Waals surface area contributed by atoms with Crippen molar-refractivity contribution in [2.75, 3.05) is 18.8 Å². The summed E-state index contributed by atoms with van der Waals surface area (Å²) < 4.78 is 23.8. The van der Waals surface area contributed by atoms with Crippen molar-refractivity contribution in [1.29, 1.82) is 0 Å². The lowest BCUT2D eigenvalue weighted by Crippen LogP contribution is -2.19. The molecule has 102 valence electrons. The molecule has 0 bridgehead atoms. The Morgan fingerprint density at radius 1 is 1.22 bits per heavy atom. The van der Waals surface area contributed by atoms with Crippen LogP contribution in [0.3, 0.4) is 0 Å². The quantitative estimate of drug-likeness (QED) is 0.749. The molecule has 5 heteroatoms. The Morgan fingerprint density at radius 2 is 1.94 bits per heavy atom. The van der Waals surface area contributed by atoms with Gasteiger partial charge in [-0.05, 0) is 37.6 Å². The van der Waals surface area contributed by atoms with Crippen molar-refractivity contribution in [3.63, 3.8) is 0 Å². The van der Waals surface area contributed by atoms with E-state index in [1.54, 1.807) is 24.3 Å². The molecule has 1 aromatic rings. The third kappa shape index (κ3) is 5.85. The van der Waals surface area contributed by atoms with Gasteiger partial charge in [-0.1, -0.05) is 36.7 Å². The van der Waals surface area contributed by atoms with Crippen LogP contribution >= 0.6 is 11.6 Å². The molecule has 0 fully saturated rings. The largest absolute Gasteiger partial charge is 0.317 e. The Morgan fingerprint density at radius 3 is 2.61 bits per heavy atom. The van der Waals surface area contributed by atoms with Crippen LogP contribution in [0.1, 0.15) is 25.3 Å². The number of nitrogens with one attached hydrogen (secondary N) is 1. The van der Waals surface area contributed by atoms with Crippen LogP contribution in [-0.2, 0) is 15.6 Å². The normalized spacial score (nSPS) is 11.7. The summed E-state index contributed by atoms with van der Waals surface area (Å²) in [6.07, 6.45) is 1.71. The van der Waals surface area contributed by atoms with Gasteiger partial charge in [0, 0.05) is 5.02 Å². The maximum atomic E-state index is 11.9. The van der Waals surface area contributed by atoms with Gasteiger partial charge >= 0.3 is 0 Å². The van der Waals surface area contributed by atoms with Crippen molar-refractivity contribution in [2.24, 2.45) is 0 Å². The second-order valence-corrected chi connectivity index (χ2v) is 6.88. The van der Waals surface area contributed by atoms with E-state index in [4.69, 9.17) is 11.6 Å². The van der Waals surface area contributed by atoms with Gasteiger partial charge in [-0.25, -0.2) is 8.42 Å². The van der Waals surface area contributed by atoms with E-state index in [1.807, 2.05) is 0 Å². The van der Waals surface area contributed by atoms with Gasteiger partial charge in [0.1, 0.15) is 0 Å². The fourth-order valence-electron chi connectivity index (χ4n) is 1.64. The molecule has 0 heterocycles. The predicted molar refractivity (Wildman–Crippen MR) is 76.7 cm³/mol. The van der Waals surface area contributed by atoms with Gasteiger partial charge < -0.3 is 5.32 Å². The molecule has 0 amide bonds. The molecule has 0 radical (unpaired) electrons. The zero-order valence-corrected chi connectivity index (χ0v) is 12.2. The summed E-state index contributed by atoms with van der Waals surface area (Å²) in [5.41, 5.74) is 0.681. The number of hydrogen-bond acceptors (Lipinski definition) is 3. The van der Waals surface area contributed by atoms with Crippen molar-refractivity contribution in [3.05, 3.63) is 34.9 Å². The summed E-state index contributed by atoms with van der Waals surface area (Å²) >= 11 is 5.96. The Hall–Kier alpha value is -0.580. The average Bonchev–Trinajstić information content (AvgIpc) is 2.31. The minimum Gasteiger partial charge on any atom is -0.317 e. The molecule has 0 aliphatic carbocycles. The lowest BCUT2D eigenvalue weighted by atomic mass is 10.2. The topological polar surface area (TPSA) is 46.2 Å². The number of sulfone groups is 1. The highest BCUT2D eigenvalue weighted by Gasteiger charge is 2.13. The first-order valence-corrected chi connectivity index (χ1v) is 8.39. The molecule has 0 saturated carbocycles. The second-order valence-electron chi connectivity index (χ2n) is 4.29. The third-order valence-electron chi connectivity index (χ3n) is 2.57. The highest BCUT2D eigenvalue weighted by Crippen LogP contribution is 2.18. The van der Waals surface area contributed by atoms with Crippen molar-refractivity contribution in [3.8, 4) is 0 Å². The smallest absolute Gasteiger partial charge is 0.154 e. The number of hydrogen-bond donors (Lipinski definition) is 1. The lowest BCUT2D eigenvalue weighted by molar-refractivity contribution is 0.587. The van der Waals surface area contributed by atoms with E-state index in [2.05, 4.69) is 12.2 Å². The van der Waals surface area contributed by atoms with Crippen molar-refractivity contribution in [1.82, 2.24) is 5.32 Å². The van der Waals surface area contributed by atoms with Crippen LogP contribution in [0, 0.1) is 0 Å². The van der Waals surface area contributed by atoms with E-state index >= 15 is 0 Å². The Kier molecular flexibility index (Phi) is 6.68. The number of rotatable bonds is 8. The van der Waals surface area contributed by atoms with Gasteiger partial charge in [0.25, 0.3) is 0 Å². The second kappa shape index (κ2) is 7.77. The van der Waals surface area contributed by atoms with Gasteiger partial charge in [0.2, 0.25) is 0 Å².